The number of nitrogens with one attached hydrogen (secondary N) is 1. The fourth-order valence-corrected chi connectivity index (χ4v) is 2.58. The van der Waals surface area contributed by atoms with Crippen LogP contribution in [0.1, 0.15) is 11.4 Å². The number of thioether (sulfide) groups is 1. The van der Waals surface area contributed by atoms with Crippen LogP contribution in [-0.4, -0.2) is 15.0 Å². The van der Waals surface area contributed by atoms with Crippen molar-refractivity contribution < 1.29 is 0 Å². The maximum atomic E-state index is 4.48. The Labute approximate surface area is 110 Å². The number of fused-ring (bicyclic) bond motifs is 1. The molecule has 2 aromatic heterocycles. The van der Waals surface area contributed by atoms with Crippen molar-refractivity contribution in [2.45, 2.75) is 17.6 Å². The molecule has 1 N–H and O–H groups in total. The summed E-state index contributed by atoms with van der Waals surface area (Å²) in [5, 5.41) is 0. The van der Waals surface area contributed by atoms with Gasteiger partial charge in [-0.1, -0.05) is 18.2 Å². The molecule has 0 saturated carbocycles. The van der Waals surface area contributed by atoms with Gasteiger partial charge in [-0.2, -0.15) is 0 Å². The highest BCUT2D eigenvalue weighted by Gasteiger charge is 2.04. The summed E-state index contributed by atoms with van der Waals surface area (Å²) in [6.07, 6.45) is 1.84. The van der Waals surface area contributed by atoms with E-state index in [4.69, 9.17) is 0 Å². The van der Waals surface area contributed by atoms with E-state index in [0.29, 0.717) is 0 Å². The molecule has 0 fully saturated rings. The molecule has 0 atom stereocenters. The van der Waals surface area contributed by atoms with Crippen molar-refractivity contribution in [2.24, 2.45) is 0 Å². The SMILES string of the molecule is Cc1cnc2nc(CSc3ccccc3)[nH]c2c1. The van der Waals surface area contributed by atoms with Crippen LogP contribution in [0.15, 0.2) is 47.5 Å². The van der Waals surface area contributed by atoms with E-state index >= 15 is 0 Å². The monoisotopic (exact) mass is 255 g/mol. The topological polar surface area (TPSA) is 41.6 Å². The van der Waals surface area contributed by atoms with Gasteiger partial charge in [-0.05, 0) is 30.7 Å². The van der Waals surface area contributed by atoms with Gasteiger partial charge in [0.15, 0.2) is 5.65 Å². The molecule has 4 heteroatoms. The molecule has 1 aromatic carbocycles. The predicted molar refractivity (Wildman–Crippen MR) is 74.6 cm³/mol. The Morgan fingerprint density at radius 3 is 2.89 bits per heavy atom. The molecule has 0 amide bonds. The predicted octanol–water partition coefficient (Wildman–Crippen LogP) is 3.56. The molecule has 0 unspecified atom stereocenters. The van der Waals surface area contributed by atoms with Crippen molar-refractivity contribution in [3.63, 3.8) is 0 Å². The summed E-state index contributed by atoms with van der Waals surface area (Å²) >= 11 is 1.77. The van der Waals surface area contributed by atoms with Gasteiger partial charge in [0.25, 0.3) is 0 Å². The lowest BCUT2D eigenvalue weighted by Crippen LogP contribution is -1.82. The Bertz CT molecular complexity index is 661. The molecule has 2 heterocycles. The summed E-state index contributed by atoms with van der Waals surface area (Å²) in [7, 11) is 0. The number of aromatic amines is 1. The van der Waals surface area contributed by atoms with E-state index in [9.17, 15) is 0 Å². The number of imidazole rings is 1. The van der Waals surface area contributed by atoms with Crippen molar-refractivity contribution >= 4 is 22.9 Å². The smallest absolute Gasteiger partial charge is 0.177 e. The Balaban J connectivity index is 1.79. The van der Waals surface area contributed by atoms with Crippen molar-refractivity contribution in [2.75, 3.05) is 0 Å². The van der Waals surface area contributed by atoms with Crippen LogP contribution in [0, 0.1) is 6.92 Å². The van der Waals surface area contributed by atoms with Gasteiger partial charge in [0.1, 0.15) is 5.82 Å². The van der Waals surface area contributed by atoms with Gasteiger partial charge in [0, 0.05) is 11.1 Å². The van der Waals surface area contributed by atoms with Crippen molar-refractivity contribution in [3.05, 3.63) is 54.0 Å². The Hall–Kier alpha value is -1.81. The van der Waals surface area contributed by atoms with Crippen LogP contribution in [0.2, 0.25) is 0 Å². The third-order valence-electron chi connectivity index (χ3n) is 2.64. The van der Waals surface area contributed by atoms with Gasteiger partial charge >= 0.3 is 0 Å². The second-order valence-corrected chi connectivity index (χ2v) is 5.22. The van der Waals surface area contributed by atoms with Crippen LogP contribution < -0.4 is 0 Å². The number of benzene rings is 1. The highest BCUT2D eigenvalue weighted by atomic mass is 32.2. The van der Waals surface area contributed by atoms with Crippen molar-refractivity contribution in [3.8, 4) is 0 Å². The fourth-order valence-electron chi connectivity index (χ4n) is 1.79. The lowest BCUT2D eigenvalue weighted by atomic mass is 10.3. The normalized spacial score (nSPS) is 10.9. The van der Waals surface area contributed by atoms with E-state index in [1.807, 2.05) is 31.3 Å². The molecule has 3 aromatic rings. The third kappa shape index (κ3) is 2.38. The van der Waals surface area contributed by atoms with Crippen molar-refractivity contribution in [1.29, 1.82) is 0 Å². The summed E-state index contributed by atoms with van der Waals surface area (Å²) in [6, 6.07) is 12.4. The highest BCUT2D eigenvalue weighted by Crippen LogP contribution is 2.22. The molecule has 0 bridgehead atoms. The zero-order valence-corrected chi connectivity index (χ0v) is 10.9. The van der Waals surface area contributed by atoms with E-state index in [0.717, 1.165) is 28.3 Å². The average Bonchev–Trinajstić information content (AvgIpc) is 2.79. The van der Waals surface area contributed by atoms with Gasteiger partial charge in [0.05, 0.1) is 11.3 Å². The maximum absolute atomic E-state index is 4.48. The van der Waals surface area contributed by atoms with E-state index in [-0.39, 0.29) is 0 Å². The number of rotatable bonds is 3. The van der Waals surface area contributed by atoms with Crippen LogP contribution in [0.25, 0.3) is 11.2 Å². The minimum Gasteiger partial charge on any atom is -0.340 e. The largest absolute Gasteiger partial charge is 0.340 e. The number of aryl methyl sites for hydroxylation is 1. The summed E-state index contributed by atoms with van der Waals surface area (Å²) in [5.74, 6) is 1.80. The van der Waals surface area contributed by atoms with E-state index in [1.165, 1.54) is 4.90 Å². The van der Waals surface area contributed by atoms with Gasteiger partial charge < -0.3 is 4.98 Å². The van der Waals surface area contributed by atoms with Crippen molar-refractivity contribution in [1.82, 2.24) is 15.0 Å². The number of pyridine rings is 1. The lowest BCUT2D eigenvalue weighted by molar-refractivity contribution is 1.13. The second-order valence-electron chi connectivity index (χ2n) is 4.17. The maximum Gasteiger partial charge on any atom is 0.177 e. The first-order chi connectivity index (χ1) is 8.81. The molecule has 3 nitrogen and oxygen atoms in total. The summed E-state index contributed by atoms with van der Waals surface area (Å²) < 4.78 is 0. The first kappa shape index (κ1) is 11.3. The van der Waals surface area contributed by atoms with Gasteiger partial charge in [-0.3, -0.25) is 0 Å². The van der Waals surface area contributed by atoms with Crippen LogP contribution in [0.4, 0.5) is 0 Å². The first-order valence-corrected chi connectivity index (χ1v) is 6.79. The van der Waals surface area contributed by atoms with Crippen LogP contribution in [0.5, 0.6) is 0 Å². The average molecular weight is 255 g/mol. The molecular formula is C14H13N3S. The number of nitrogens with zero attached hydrogens (tertiary/aromatic N) is 2. The molecular weight excluding hydrogens is 242 g/mol. The Morgan fingerprint density at radius 2 is 2.06 bits per heavy atom. The standard InChI is InChI=1S/C14H13N3S/c1-10-7-12-14(15-8-10)17-13(16-12)9-18-11-5-3-2-4-6-11/h2-8H,9H2,1H3,(H,15,16,17). The number of aromatic nitrogens is 3. The molecule has 3 rings (SSSR count). The highest BCUT2D eigenvalue weighted by molar-refractivity contribution is 7.98. The Morgan fingerprint density at radius 1 is 1.22 bits per heavy atom. The van der Waals surface area contributed by atoms with Gasteiger partial charge in [-0.15, -0.1) is 11.8 Å². The number of hydrogen-bond acceptors (Lipinski definition) is 3. The number of hydrogen-bond donors (Lipinski definition) is 1. The third-order valence-corrected chi connectivity index (χ3v) is 3.67. The molecule has 0 aliphatic heterocycles. The molecule has 0 spiro atoms. The number of H-pyrrole nitrogens is 1. The molecule has 90 valence electrons. The minimum atomic E-state index is 0.796. The molecule has 0 radical (unpaired) electrons. The van der Waals surface area contributed by atoms with E-state index in [2.05, 4.69) is 33.2 Å². The van der Waals surface area contributed by atoms with Crippen LogP contribution >= 0.6 is 11.8 Å². The lowest BCUT2D eigenvalue weighted by Gasteiger charge is -1.97. The van der Waals surface area contributed by atoms with E-state index < -0.39 is 0 Å². The molecule has 0 saturated heterocycles. The van der Waals surface area contributed by atoms with Gasteiger partial charge in [0.2, 0.25) is 0 Å². The molecule has 0 aliphatic carbocycles. The zero-order chi connectivity index (χ0) is 12.4. The van der Waals surface area contributed by atoms with Crippen LogP contribution in [-0.2, 0) is 5.75 Å². The molecule has 0 aliphatic rings. The van der Waals surface area contributed by atoms with Crippen LogP contribution in [0.3, 0.4) is 0 Å². The minimum absolute atomic E-state index is 0.796. The fraction of sp³-hybridized carbons (Fsp3) is 0.143. The summed E-state index contributed by atoms with van der Waals surface area (Å²) in [6.45, 7) is 2.03. The van der Waals surface area contributed by atoms with Gasteiger partial charge in [-0.25, -0.2) is 9.97 Å². The molecule has 18 heavy (non-hydrogen) atoms. The quantitative estimate of drug-likeness (QED) is 0.728. The summed E-state index contributed by atoms with van der Waals surface area (Å²) in [4.78, 5) is 13.4. The second kappa shape index (κ2) is 4.82. The summed E-state index contributed by atoms with van der Waals surface area (Å²) in [5.41, 5.74) is 2.95. The zero-order valence-electron chi connectivity index (χ0n) is 10.1. The van der Waals surface area contributed by atoms with E-state index in [1.54, 1.807) is 11.8 Å². The first-order valence-electron chi connectivity index (χ1n) is 5.80. The Kier molecular flexibility index (Phi) is 3.02.